The predicted molar refractivity (Wildman–Crippen MR) is 67.3 cm³/mol. The minimum atomic E-state index is -1.04. The molecule has 0 heterocycles. The number of hydrogen-bond acceptors (Lipinski definition) is 6. The number of nitro benzene ring substituents is 1. The van der Waals surface area contributed by atoms with Crippen LogP contribution in [0.1, 0.15) is 0 Å². The first-order chi connectivity index (χ1) is 8.50. The van der Waals surface area contributed by atoms with Crippen LogP contribution in [0.25, 0.3) is 0 Å². The first-order valence-corrected chi connectivity index (χ1v) is 5.46. The van der Waals surface area contributed by atoms with Crippen LogP contribution in [0.3, 0.4) is 0 Å². The average Bonchev–Trinajstić information content (AvgIpc) is 2.30. The molecule has 1 aromatic rings. The molecule has 0 saturated carbocycles. The minimum Gasteiger partial charge on any atom is -0.480 e. The molecule has 0 aromatic heterocycles. The molecule has 0 amide bonds. The van der Waals surface area contributed by atoms with Gasteiger partial charge < -0.3 is 15.2 Å². The summed E-state index contributed by atoms with van der Waals surface area (Å²) in [6.45, 7) is 0.147. The molecule has 0 aliphatic heterocycles. The third-order valence-electron chi connectivity index (χ3n) is 1.98. The van der Waals surface area contributed by atoms with Crippen molar-refractivity contribution < 1.29 is 19.6 Å². The van der Waals surface area contributed by atoms with Crippen LogP contribution in [0.2, 0.25) is 0 Å². The van der Waals surface area contributed by atoms with Gasteiger partial charge in [0.2, 0.25) is 0 Å². The number of anilines is 1. The fourth-order valence-electron chi connectivity index (χ4n) is 1.20. The molecule has 0 spiro atoms. The SMILES string of the molecule is O=C(O)COCCNc1cc([N+](=O)[O-])ccc1S. The Kier molecular flexibility index (Phi) is 5.40. The Morgan fingerprint density at radius 2 is 2.28 bits per heavy atom. The van der Waals surface area contributed by atoms with Gasteiger partial charge in [0.25, 0.3) is 5.69 Å². The average molecular weight is 272 g/mol. The number of non-ortho nitro benzene ring substituents is 1. The molecule has 1 rings (SSSR count). The number of rotatable bonds is 7. The van der Waals surface area contributed by atoms with Crippen LogP contribution in [0.15, 0.2) is 23.1 Å². The molecule has 0 radical (unpaired) electrons. The van der Waals surface area contributed by atoms with Crippen molar-refractivity contribution in [1.29, 1.82) is 0 Å². The summed E-state index contributed by atoms with van der Waals surface area (Å²) in [6.07, 6.45) is 0. The number of benzene rings is 1. The van der Waals surface area contributed by atoms with Crippen LogP contribution in [-0.4, -0.2) is 35.8 Å². The molecule has 2 N–H and O–H groups in total. The summed E-state index contributed by atoms with van der Waals surface area (Å²) in [5, 5.41) is 21.8. The molecule has 98 valence electrons. The number of thiol groups is 1. The lowest BCUT2D eigenvalue weighted by Gasteiger charge is -2.08. The first kappa shape index (κ1) is 14.3. The lowest BCUT2D eigenvalue weighted by atomic mass is 10.3. The molecule has 8 heteroatoms. The van der Waals surface area contributed by atoms with Crippen LogP contribution in [0.4, 0.5) is 11.4 Å². The van der Waals surface area contributed by atoms with Crippen molar-refractivity contribution in [2.75, 3.05) is 25.1 Å². The molecular weight excluding hydrogens is 260 g/mol. The van der Waals surface area contributed by atoms with Crippen LogP contribution in [0.5, 0.6) is 0 Å². The highest BCUT2D eigenvalue weighted by Gasteiger charge is 2.08. The minimum absolute atomic E-state index is 0.0400. The molecule has 0 saturated heterocycles. The molecular formula is C10H12N2O5S. The molecule has 0 unspecified atom stereocenters. The maximum absolute atomic E-state index is 10.6. The molecule has 7 nitrogen and oxygen atoms in total. The number of ether oxygens (including phenoxy) is 1. The number of aliphatic carboxylic acids is 1. The number of nitrogens with zero attached hydrogens (tertiary/aromatic N) is 1. The van der Waals surface area contributed by atoms with E-state index in [4.69, 9.17) is 9.84 Å². The molecule has 18 heavy (non-hydrogen) atoms. The summed E-state index contributed by atoms with van der Waals surface area (Å²) in [4.78, 5) is 20.8. The zero-order chi connectivity index (χ0) is 13.5. The van der Waals surface area contributed by atoms with Crippen LogP contribution in [-0.2, 0) is 9.53 Å². The quantitative estimate of drug-likeness (QED) is 0.300. The molecule has 0 aliphatic carbocycles. The zero-order valence-electron chi connectivity index (χ0n) is 9.33. The Morgan fingerprint density at radius 1 is 1.56 bits per heavy atom. The fraction of sp³-hybridized carbons (Fsp3) is 0.300. The van der Waals surface area contributed by atoms with Gasteiger partial charge in [-0.3, -0.25) is 10.1 Å². The summed E-state index contributed by atoms with van der Waals surface area (Å²) in [7, 11) is 0. The summed E-state index contributed by atoms with van der Waals surface area (Å²) >= 11 is 4.15. The van der Waals surface area contributed by atoms with E-state index in [0.717, 1.165) is 0 Å². The third kappa shape index (κ3) is 4.60. The molecule has 0 fully saturated rings. The predicted octanol–water partition coefficient (Wildman–Crippen LogP) is 1.40. The van der Waals surface area contributed by atoms with E-state index in [9.17, 15) is 14.9 Å². The van der Waals surface area contributed by atoms with Gasteiger partial charge in [-0.2, -0.15) is 0 Å². The summed E-state index contributed by atoms with van der Waals surface area (Å²) < 4.78 is 4.81. The van der Waals surface area contributed by atoms with Gasteiger partial charge in [0.1, 0.15) is 6.61 Å². The number of nitro groups is 1. The van der Waals surface area contributed by atoms with E-state index in [0.29, 0.717) is 17.1 Å². The highest BCUT2D eigenvalue weighted by Crippen LogP contribution is 2.24. The monoisotopic (exact) mass is 272 g/mol. The maximum atomic E-state index is 10.6. The van der Waals surface area contributed by atoms with E-state index in [1.54, 1.807) is 0 Å². The van der Waals surface area contributed by atoms with Gasteiger partial charge in [-0.05, 0) is 6.07 Å². The number of hydrogen-bond donors (Lipinski definition) is 3. The van der Waals surface area contributed by atoms with Gasteiger partial charge in [-0.25, -0.2) is 4.79 Å². The van der Waals surface area contributed by atoms with E-state index in [1.807, 2.05) is 0 Å². The number of nitrogens with one attached hydrogen (secondary N) is 1. The maximum Gasteiger partial charge on any atom is 0.329 e. The standard InChI is InChI=1S/C10H12N2O5S/c13-10(14)6-17-4-3-11-8-5-7(12(15)16)1-2-9(8)18/h1-2,5,11,18H,3-4,6H2,(H,13,14). The van der Waals surface area contributed by atoms with Gasteiger partial charge >= 0.3 is 5.97 Å². The third-order valence-corrected chi connectivity index (χ3v) is 2.37. The van der Waals surface area contributed by atoms with Gasteiger partial charge in [-0.15, -0.1) is 12.6 Å². The second-order valence-electron chi connectivity index (χ2n) is 3.33. The van der Waals surface area contributed by atoms with E-state index < -0.39 is 10.9 Å². The Bertz CT molecular complexity index is 452. The first-order valence-electron chi connectivity index (χ1n) is 5.01. The summed E-state index contributed by atoms with van der Waals surface area (Å²) in [5.41, 5.74) is 0.466. The van der Waals surface area contributed by atoms with Gasteiger partial charge in [-0.1, -0.05) is 0 Å². The van der Waals surface area contributed by atoms with Crippen molar-refractivity contribution in [2.24, 2.45) is 0 Å². The normalized spacial score (nSPS) is 10.1. The van der Waals surface area contributed by atoms with E-state index in [2.05, 4.69) is 17.9 Å². The number of carboxylic acids is 1. The van der Waals surface area contributed by atoms with Crippen LogP contribution >= 0.6 is 12.6 Å². The fourth-order valence-corrected chi connectivity index (χ4v) is 1.41. The van der Waals surface area contributed by atoms with E-state index in [-0.39, 0.29) is 18.9 Å². The topological polar surface area (TPSA) is 102 Å². The Hall–Kier alpha value is -1.80. The van der Waals surface area contributed by atoms with Gasteiger partial charge in [0, 0.05) is 23.6 Å². The highest BCUT2D eigenvalue weighted by molar-refractivity contribution is 7.80. The second kappa shape index (κ2) is 6.82. The van der Waals surface area contributed by atoms with Gasteiger partial charge in [0.15, 0.2) is 0 Å². The zero-order valence-corrected chi connectivity index (χ0v) is 10.2. The van der Waals surface area contributed by atoms with E-state index >= 15 is 0 Å². The smallest absolute Gasteiger partial charge is 0.329 e. The molecule has 0 bridgehead atoms. The lowest BCUT2D eigenvalue weighted by molar-refractivity contribution is -0.384. The van der Waals surface area contributed by atoms with Crippen molar-refractivity contribution in [3.05, 3.63) is 28.3 Å². The van der Waals surface area contributed by atoms with Gasteiger partial charge in [0.05, 0.1) is 17.2 Å². The lowest BCUT2D eigenvalue weighted by Crippen LogP contribution is -2.14. The number of carboxylic acid groups (broad SMARTS) is 1. The highest BCUT2D eigenvalue weighted by atomic mass is 32.1. The summed E-state index contributed by atoms with van der Waals surface area (Å²) in [5.74, 6) is -1.04. The Morgan fingerprint density at radius 3 is 2.89 bits per heavy atom. The van der Waals surface area contributed by atoms with E-state index in [1.165, 1.54) is 18.2 Å². The van der Waals surface area contributed by atoms with Crippen LogP contribution < -0.4 is 5.32 Å². The van der Waals surface area contributed by atoms with Crippen molar-refractivity contribution in [1.82, 2.24) is 0 Å². The number of carbonyl (C=O) groups is 1. The van der Waals surface area contributed by atoms with Crippen molar-refractivity contribution in [3.8, 4) is 0 Å². The molecule has 0 atom stereocenters. The van der Waals surface area contributed by atoms with Crippen molar-refractivity contribution in [3.63, 3.8) is 0 Å². The Balaban J connectivity index is 2.48. The second-order valence-corrected chi connectivity index (χ2v) is 3.81. The molecule has 1 aromatic carbocycles. The molecule has 0 aliphatic rings. The largest absolute Gasteiger partial charge is 0.480 e. The Labute approximate surface area is 108 Å². The van der Waals surface area contributed by atoms with Crippen molar-refractivity contribution in [2.45, 2.75) is 4.90 Å². The van der Waals surface area contributed by atoms with Crippen molar-refractivity contribution >= 4 is 30.0 Å². The summed E-state index contributed by atoms with van der Waals surface area (Å²) in [6, 6.07) is 4.23. The van der Waals surface area contributed by atoms with Crippen LogP contribution in [0, 0.1) is 10.1 Å².